The van der Waals surface area contributed by atoms with Gasteiger partial charge in [-0.05, 0) is 61.0 Å². The fraction of sp³-hybridized carbons (Fsp3) is 0.300. The molecule has 0 radical (unpaired) electrons. The summed E-state index contributed by atoms with van der Waals surface area (Å²) in [6.45, 7) is 5.73. The second-order valence-corrected chi connectivity index (χ2v) is 7.96. The van der Waals surface area contributed by atoms with Crippen molar-refractivity contribution in [3.05, 3.63) is 52.8 Å². The molecule has 1 N–H and O–H groups in total. The molecular formula is C20H22BrN3O3. The highest BCUT2D eigenvalue weighted by Gasteiger charge is 2.19. The third-order valence-electron chi connectivity index (χ3n) is 3.80. The van der Waals surface area contributed by atoms with Crippen LogP contribution in [0.15, 0.2) is 46.9 Å². The molecule has 0 spiro atoms. The number of aryl methyl sites for hydroxylation is 1. The van der Waals surface area contributed by atoms with E-state index in [-0.39, 0.29) is 6.54 Å². The van der Waals surface area contributed by atoms with Crippen LogP contribution in [0.5, 0.6) is 11.5 Å². The van der Waals surface area contributed by atoms with Crippen LogP contribution in [0.4, 0.5) is 4.79 Å². The maximum Gasteiger partial charge on any atom is 0.408 e. The topological polar surface area (TPSA) is 65.4 Å². The summed E-state index contributed by atoms with van der Waals surface area (Å²) in [4.78, 5) is 16.6. The lowest BCUT2D eigenvalue weighted by Gasteiger charge is -2.19. The monoisotopic (exact) mass is 431 g/mol. The summed E-state index contributed by atoms with van der Waals surface area (Å²) in [7, 11) is 1.90. The van der Waals surface area contributed by atoms with Crippen LogP contribution in [0.25, 0.3) is 11.0 Å². The summed E-state index contributed by atoms with van der Waals surface area (Å²) >= 11 is 3.54. The highest BCUT2D eigenvalue weighted by Crippen LogP contribution is 2.36. The first-order valence-electron chi connectivity index (χ1n) is 8.58. The molecule has 0 saturated heterocycles. The Kier molecular flexibility index (Phi) is 5.41. The fourth-order valence-corrected chi connectivity index (χ4v) is 2.99. The molecular weight excluding hydrogens is 410 g/mol. The molecule has 1 aromatic heterocycles. The van der Waals surface area contributed by atoms with E-state index in [0.29, 0.717) is 11.6 Å². The molecule has 6 nitrogen and oxygen atoms in total. The van der Waals surface area contributed by atoms with Gasteiger partial charge >= 0.3 is 6.09 Å². The van der Waals surface area contributed by atoms with E-state index in [9.17, 15) is 4.79 Å². The zero-order valence-corrected chi connectivity index (χ0v) is 17.3. The Morgan fingerprint density at radius 3 is 2.56 bits per heavy atom. The van der Waals surface area contributed by atoms with Crippen molar-refractivity contribution in [1.82, 2.24) is 14.9 Å². The van der Waals surface area contributed by atoms with Gasteiger partial charge in [-0.15, -0.1) is 0 Å². The molecule has 0 aliphatic rings. The molecule has 3 aromatic rings. The van der Waals surface area contributed by atoms with E-state index in [1.54, 1.807) is 0 Å². The lowest BCUT2D eigenvalue weighted by molar-refractivity contribution is 0.0522. The second-order valence-electron chi connectivity index (χ2n) is 7.10. The Balaban J connectivity index is 1.87. The molecule has 1 amide bonds. The van der Waals surface area contributed by atoms with E-state index in [2.05, 4.69) is 26.2 Å². The third kappa shape index (κ3) is 4.60. The SMILES string of the molecule is Cn1c(CNC(=O)OC(C)(C)C)nc2c(Oc3ccccc3)c(Br)ccc21. The molecule has 7 heteroatoms. The van der Waals surface area contributed by atoms with E-state index in [4.69, 9.17) is 9.47 Å². The van der Waals surface area contributed by atoms with Crippen LogP contribution in [0.2, 0.25) is 0 Å². The molecule has 0 bridgehead atoms. The molecule has 27 heavy (non-hydrogen) atoms. The number of benzene rings is 2. The molecule has 1 heterocycles. The quantitative estimate of drug-likeness (QED) is 0.619. The minimum absolute atomic E-state index is 0.252. The summed E-state index contributed by atoms with van der Waals surface area (Å²) in [5, 5.41) is 2.74. The fourth-order valence-electron chi connectivity index (χ4n) is 2.58. The van der Waals surface area contributed by atoms with Crippen LogP contribution in [-0.2, 0) is 18.3 Å². The predicted molar refractivity (Wildman–Crippen MR) is 108 cm³/mol. The van der Waals surface area contributed by atoms with Gasteiger partial charge in [0.15, 0.2) is 5.75 Å². The van der Waals surface area contributed by atoms with Crippen LogP contribution >= 0.6 is 15.9 Å². The first-order chi connectivity index (χ1) is 12.7. The van der Waals surface area contributed by atoms with E-state index in [1.165, 1.54) is 0 Å². The van der Waals surface area contributed by atoms with Gasteiger partial charge in [-0.1, -0.05) is 18.2 Å². The summed E-state index contributed by atoms with van der Waals surface area (Å²) in [6.07, 6.45) is -0.475. The maximum absolute atomic E-state index is 11.9. The van der Waals surface area contributed by atoms with Gasteiger partial charge in [-0.25, -0.2) is 9.78 Å². The number of hydrogen-bond donors (Lipinski definition) is 1. The predicted octanol–water partition coefficient (Wildman–Crippen LogP) is 5.15. The van der Waals surface area contributed by atoms with E-state index < -0.39 is 11.7 Å². The molecule has 0 aliphatic heterocycles. The number of nitrogens with zero attached hydrogens (tertiary/aromatic N) is 2. The number of carbonyl (C=O) groups is 1. The maximum atomic E-state index is 11.9. The van der Waals surface area contributed by atoms with Crippen LogP contribution in [0.1, 0.15) is 26.6 Å². The van der Waals surface area contributed by atoms with E-state index in [1.807, 2.05) is 74.9 Å². The molecule has 0 fully saturated rings. The third-order valence-corrected chi connectivity index (χ3v) is 4.43. The van der Waals surface area contributed by atoms with Gasteiger partial charge in [0.25, 0.3) is 0 Å². The molecule has 0 unspecified atom stereocenters. The van der Waals surface area contributed by atoms with Crippen molar-refractivity contribution in [2.75, 3.05) is 0 Å². The van der Waals surface area contributed by atoms with Crippen LogP contribution < -0.4 is 10.1 Å². The van der Waals surface area contributed by atoms with Crippen molar-refractivity contribution < 1.29 is 14.3 Å². The van der Waals surface area contributed by atoms with Gasteiger partial charge < -0.3 is 19.4 Å². The number of fused-ring (bicyclic) bond motifs is 1. The highest BCUT2D eigenvalue weighted by molar-refractivity contribution is 9.10. The summed E-state index contributed by atoms with van der Waals surface area (Å²) in [6, 6.07) is 13.4. The first-order valence-corrected chi connectivity index (χ1v) is 9.37. The average Bonchev–Trinajstić information content (AvgIpc) is 2.91. The summed E-state index contributed by atoms with van der Waals surface area (Å²) in [5.74, 6) is 2.06. The van der Waals surface area contributed by atoms with Crippen molar-refractivity contribution in [3.8, 4) is 11.5 Å². The average molecular weight is 432 g/mol. The van der Waals surface area contributed by atoms with E-state index >= 15 is 0 Å². The Morgan fingerprint density at radius 2 is 1.89 bits per heavy atom. The Labute approximate surface area is 166 Å². The molecule has 0 aliphatic carbocycles. The Hall–Kier alpha value is -2.54. The molecule has 3 rings (SSSR count). The normalized spacial score (nSPS) is 11.4. The number of halogens is 1. The minimum Gasteiger partial charge on any atom is -0.454 e. The second kappa shape index (κ2) is 7.60. The van der Waals surface area contributed by atoms with Crippen molar-refractivity contribution >= 4 is 33.1 Å². The summed E-state index contributed by atoms with van der Waals surface area (Å²) in [5.41, 5.74) is 1.08. The number of para-hydroxylation sites is 1. The molecule has 2 aromatic carbocycles. The molecule has 142 valence electrons. The number of nitrogens with one attached hydrogen (secondary N) is 1. The van der Waals surface area contributed by atoms with Crippen LogP contribution in [-0.4, -0.2) is 21.2 Å². The van der Waals surface area contributed by atoms with Gasteiger partial charge in [0.05, 0.1) is 16.5 Å². The Bertz CT molecular complexity index is 962. The smallest absolute Gasteiger partial charge is 0.408 e. The summed E-state index contributed by atoms with van der Waals surface area (Å²) < 4.78 is 14.1. The van der Waals surface area contributed by atoms with Gasteiger partial charge in [0.2, 0.25) is 0 Å². The lowest BCUT2D eigenvalue weighted by atomic mass is 10.2. The molecule has 0 atom stereocenters. The first kappa shape index (κ1) is 19.2. The number of hydrogen-bond acceptors (Lipinski definition) is 4. The van der Waals surface area contributed by atoms with Crippen molar-refractivity contribution in [2.45, 2.75) is 32.9 Å². The number of imidazole rings is 1. The van der Waals surface area contributed by atoms with Gasteiger partial charge in [0.1, 0.15) is 22.7 Å². The van der Waals surface area contributed by atoms with Crippen molar-refractivity contribution in [2.24, 2.45) is 7.05 Å². The standard InChI is InChI=1S/C20H22BrN3O3/c1-20(2,3)27-19(25)22-12-16-23-17-15(24(16)4)11-10-14(21)18(17)26-13-8-6-5-7-9-13/h5-11H,12H2,1-4H3,(H,22,25). The van der Waals surface area contributed by atoms with Crippen LogP contribution in [0, 0.1) is 0 Å². The zero-order chi connectivity index (χ0) is 19.6. The van der Waals surface area contributed by atoms with Gasteiger partial charge in [-0.2, -0.15) is 0 Å². The molecule has 0 saturated carbocycles. The number of alkyl carbamates (subject to hydrolysis) is 1. The van der Waals surface area contributed by atoms with Crippen molar-refractivity contribution in [3.63, 3.8) is 0 Å². The minimum atomic E-state index is -0.544. The van der Waals surface area contributed by atoms with Gasteiger partial charge in [-0.3, -0.25) is 0 Å². The Morgan fingerprint density at radius 1 is 1.19 bits per heavy atom. The highest BCUT2D eigenvalue weighted by atomic mass is 79.9. The number of ether oxygens (including phenoxy) is 2. The number of carbonyl (C=O) groups excluding carboxylic acids is 1. The largest absolute Gasteiger partial charge is 0.454 e. The number of aromatic nitrogens is 2. The lowest BCUT2D eigenvalue weighted by Crippen LogP contribution is -2.32. The van der Waals surface area contributed by atoms with Crippen molar-refractivity contribution in [1.29, 1.82) is 0 Å². The zero-order valence-electron chi connectivity index (χ0n) is 15.7. The van der Waals surface area contributed by atoms with Gasteiger partial charge in [0, 0.05) is 7.05 Å². The van der Waals surface area contributed by atoms with Crippen LogP contribution in [0.3, 0.4) is 0 Å². The number of amides is 1. The van der Waals surface area contributed by atoms with E-state index in [0.717, 1.165) is 21.3 Å². The number of rotatable bonds is 4.